The van der Waals surface area contributed by atoms with Crippen LogP contribution in [0.4, 0.5) is 5.69 Å². The second-order valence-corrected chi connectivity index (χ2v) is 7.25. The lowest BCUT2D eigenvalue weighted by molar-refractivity contribution is 0.0971. The van der Waals surface area contributed by atoms with Crippen molar-refractivity contribution in [1.29, 1.82) is 0 Å². The molecule has 0 N–H and O–H groups in total. The van der Waals surface area contributed by atoms with Crippen molar-refractivity contribution in [2.45, 2.75) is 6.04 Å². The third-order valence-corrected chi connectivity index (χ3v) is 5.38. The van der Waals surface area contributed by atoms with Crippen LogP contribution in [-0.2, 0) is 0 Å². The van der Waals surface area contributed by atoms with Gasteiger partial charge in [-0.3, -0.25) is 14.5 Å². The maximum atomic E-state index is 13.5. The molecular weight excluding hydrogens is 390 g/mol. The minimum absolute atomic E-state index is 0.0875. The Labute approximate surface area is 178 Å². The molecule has 1 aromatic heterocycles. The number of nitrogens with zero attached hydrogens (tertiary/aromatic N) is 1. The molecule has 5 rings (SSSR count). The minimum Gasteiger partial charge on any atom is -0.490 e. The van der Waals surface area contributed by atoms with Gasteiger partial charge in [-0.1, -0.05) is 55.1 Å². The van der Waals surface area contributed by atoms with Gasteiger partial charge in [0.15, 0.2) is 5.43 Å². The quantitative estimate of drug-likeness (QED) is 0.430. The van der Waals surface area contributed by atoms with Gasteiger partial charge in [-0.25, -0.2) is 0 Å². The summed E-state index contributed by atoms with van der Waals surface area (Å²) in [5.74, 6) is 0.440. The fraction of sp³-hybridized carbons (Fsp3) is 0.0769. The zero-order valence-electron chi connectivity index (χ0n) is 16.7. The van der Waals surface area contributed by atoms with Gasteiger partial charge >= 0.3 is 0 Å². The number of rotatable bonds is 5. The van der Waals surface area contributed by atoms with Crippen molar-refractivity contribution in [1.82, 2.24) is 0 Å². The van der Waals surface area contributed by atoms with E-state index in [9.17, 15) is 9.59 Å². The average Bonchev–Trinajstić information content (AvgIpc) is 3.11. The molecule has 1 aliphatic heterocycles. The molecule has 5 heteroatoms. The summed E-state index contributed by atoms with van der Waals surface area (Å²) in [7, 11) is 0. The van der Waals surface area contributed by atoms with E-state index in [0.717, 1.165) is 5.56 Å². The van der Waals surface area contributed by atoms with Crippen LogP contribution in [0.1, 0.15) is 27.7 Å². The summed E-state index contributed by atoms with van der Waals surface area (Å²) in [5.41, 5.74) is 2.05. The highest BCUT2D eigenvalue weighted by Crippen LogP contribution is 2.41. The van der Waals surface area contributed by atoms with Crippen molar-refractivity contribution in [3.05, 3.63) is 119 Å². The molecule has 1 amide bonds. The first kappa shape index (κ1) is 18.9. The van der Waals surface area contributed by atoms with Gasteiger partial charge in [-0.2, -0.15) is 0 Å². The van der Waals surface area contributed by atoms with Crippen LogP contribution in [0.5, 0.6) is 5.75 Å². The fourth-order valence-electron chi connectivity index (χ4n) is 3.99. The van der Waals surface area contributed by atoms with E-state index in [1.54, 1.807) is 35.2 Å². The standard InChI is InChI=1S/C26H19NO4/c1-2-16-30-19-14-12-17(13-15-19)23-22-24(28)20-10-6-7-11-21(20)31-25(22)26(29)27(23)18-8-4-3-5-9-18/h2-15,23H,1,16H2. The third kappa shape index (κ3) is 3.11. The Bertz CT molecular complexity index is 1340. The SMILES string of the molecule is C=CCOc1ccc(C2c3c(oc4ccccc4c3=O)C(=O)N2c2ccccc2)cc1. The molecule has 1 unspecified atom stereocenters. The molecule has 0 saturated carbocycles. The van der Waals surface area contributed by atoms with E-state index in [2.05, 4.69) is 6.58 Å². The molecule has 31 heavy (non-hydrogen) atoms. The van der Waals surface area contributed by atoms with Gasteiger partial charge in [0.05, 0.1) is 17.0 Å². The molecule has 152 valence electrons. The van der Waals surface area contributed by atoms with Crippen LogP contribution in [0.15, 0.2) is 101 Å². The fourth-order valence-corrected chi connectivity index (χ4v) is 3.99. The van der Waals surface area contributed by atoms with Gasteiger partial charge in [0, 0.05) is 5.69 Å². The number of ether oxygens (including phenoxy) is 1. The van der Waals surface area contributed by atoms with Crippen LogP contribution in [0, 0.1) is 0 Å². The molecule has 5 nitrogen and oxygen atoms in total. The highest BCUT2D eigenvalue weighted by Gasteiger charge is 2.43. The zero-order valence-corrected chi connectivity index (χ0v) is 16.7. The van der Waals surface area contributed by atoms with Crippen LogP contribution >= 0.6 is 0 Å². The van der Waals surface area contributed by atoms with Crippen LogP contribution in [0.2, 0.25) is 0 Å². The Kier molecular flexibility index (Phi) is 4.64. The summed E-state index contributed by atoms with van der Waals surface area (Å²) in [4.78, 5) is 28.5. The predicted molar refractivity (Wildman–Crippen MR) is 120 cm³/mol. The molecule has 0 fully saturated rings. The highest BCUT2D eigenvalue weighted by molar-refractivity contribution is 6.10. The Balaban J connectivity index is 1.72. The van der Waals surface area contributed by atoms with Gasteiger partial charge in [-0.05, 0) is 42.0 Å². The van der Waals surface area contributed by atoms with E-state index in [1.807, 2.05) is 54.6 Å². The molecular formula is C26H19NO4. The molecule has 4 aromatic rings. The van der Waals surface area contributed by atoms with Crippen molar-refractivity contribution >= 4 is 22.6 Å². The van der Waals surface area contributed by atoms with Gasteiger partial charge in [-0.15, -0.1) is 0 Å². The Morgan fingerprint density at radius 1 is 0.935 bits per heavy atom. The maximum Gasteiger partial charge on any atom is 0.295 e. The van der Waals surface area contributed by atoms with Crippen LogP contribution in [0.25, 0.3) is 11.0 Å². The molecule has 0 radical (unpaired) electrons. The lowest BCUT2D eigenvalue weighted by Gasteiger charge is -2.25. The summed E-state index contributed by atoms with van der Waals surface area (Å²) < 4.78 is 11.5. The Morgan fingerprint density at radius 2 is 1.65 bits per heavy atom. The smallest absolute Gasteiger partial charge is 0.295 e. The maximum absolute atomic E-state index is 13.5. The number of hydrogen-bond donors (Lipinski definition) is 0. The molecule has 2 heterocycles. The van der Waals surface area contributed by atoms with Gasteiger partial charge in [0.1, 0.15) is 17.9 Å². The first-order valence-corrected chi connectivity index (χ1v) is 9.97. The summed E-state index contributed by atoms with van der Waals surface area (Å²) in [6.45, 7) is 4.05. The summed E-state index contributed by atoms with van der Waals surface area (Å²) in [6.07, 6.45) is 1.67. The second-order valence-electron chi connectivity index (χ2n) is 7.25. The topological polar surface area (TPSA) is 59.8 Å². The van der Waals surface area contributed by atoms with E-state index < -0.39 is 6.04 Å². The summed E-state index contributed by atoms with van der Waals surface area (Å²) >= 11 is 0. The lowest BCUT2D eigenvalue weighted by atomic mass is 9.98. The van der Waals surface area contributed by atoms with Crippen LogP contribution in [-0.4, -0.2) is 12.5 Å². The van der Waals surface area contributed by atoms with Gasteiger partial charge in [0.25, 0.3) is 5.91 Å². The molecule has 3 aromatic carbocycles. The van der Waals surface area contributed by atoms with Gasteiger partial charge in [0.2, 0.25) is 5.76 Å². The Morgan fingerprint density at radius 3 is 2.39 bits per heavy atom. The van der Waals surface area contributed by atoms with E-state index in [0.29, 0.717) is 34.6 Å². The first-order chi connectivity index (χ1) is 15.2. The first-order valence-electron chi connectivity index (χ1n) is 9.97. The van der Waals surface area contributed by atoms with Gasteiger partial charge < -0.3 is 9.15 Å². The summed E-state index contributed by atoms with van der Waals surface area (Å²) in [5, 5.41) is 0.458. The number of para-hydroxylation sites is 2. The average molecular weight is 409 g/mol. The number of benzene rings is 3. The van der Waals surface area contributed by atoms with Crippen LogP contribution < -0.4 is 15.1 Å². The number of amides is 1. The molecule has 0 aliphatic carbocycles. The number of hydrogen-bond acceptors (Lipinski definition) is 4. The second kappa shape index (κ2) is 7.61. The number of anilines is 1. The predicted octanol–water partition coefficient (Wildman–Crippen LogP) is 5.11. The molecule has 0 saturated heterocycles. The van der Waals surface area contributed by atoms with Crippen molar-refractivity contribution in [3.63, 3.8) is 0 Å². The van der Waals surface area contributed by atoms with Crippen molar-refractivity contribution in [2.24, 2.45) is 0 Å². The lowest BCUT2D eigenvalue weighted by Crippen LogP contribution is -2.29. The monoisotopic (exact) mass is 409 g/mol. The molecule has 0 bridgehead atoms. The zero-order chi connectivity index (χ0) is 21.4. The van der Waals surface area contributed by atoms with Crippen molar-refractivity contribution < 1.29 is 13.9 Å². The number of fused-ring (bicyclic) bond motifs is 2. The number of carbonyl (C=O) groups is 1. The molecule has 1 atom stereocenters. The van der Waals surface area contributed by atoms with E-state index >= 15 is 0 Å². The minimum atomic E-state index is -0.598. The molecule has 0 spiro atoms. The van der Waals surface area contributed by atoms with E-state index in [-0.39, 0.29) is 17.1 Å². The van der Waals surface area contributed by atoms with Crippen molar-refractivity contribution in [3.8, 4) is 5.75 Å². The van der Waals surface area contributed by atoms with E-state index in [1.165, 1.54) is 0 Å². The van der Waals surface area contributed by atoms with Crippen molar-refractivity contribution in [2.75, 3.05) is 11.5 Å². The third-order valence-electron chi connectivity index (χ3n) is 5.38. The highest BCUT2D eigenvalue weighted by atomic mass is 16.5. The molecule has 1 aliphatic rings. The van der Waals surface area contributed by atoms with Crippen LogP contribution in [0.3, 0.4) is 0 Å². The normalized spacial score (nSPS) is 15.2. The Hall–Kier alpha value is -4.12. The number of carbonyl (C=O) groups excluding carboxylic acids is 1. The van der Waals surface area contributed by atoms with E-state index in [4.69, 9.17) is 9.15 Å². The largest absolute Gasteiger partial charge is 0.490 e. The summed E-state index contributed by atoms with van der Waals surface area (Å²) in [6, 6.07) is 23.1.